The SMILES string of the molecule is COC(C)(C)C(=O)N1CCC(CCC(=O)O)CC1. The van der Waals surface area contributed by atoms with Crippen LogP contribution in [0.5, 0.6) is 0 Å². The minimum absolute atomic E-state index is 0.0154. The molecule has 0 aliphatic carbocycles. The Morgan fingerprint density at radius 3 is 2.33 bits per heavy atom. The van der Waals surface area contributed by atoms with Crippen molar-refractivity contribution in [3.63, 3.8) is 0 Å². The highest BCUT2D eigenvalue weighted by Crippen LogP contribution is 2.24. The second kappa shape index (κ2) is 6.18. The number of likely N-dealkylation sites (tertiary alicyclic amines) is 1. The van der Waals surface area contributed by atoms with Gasteiger partial charge in [-0.1, -0.05) is 0 Å². The predicted molar refractivity (Wildman–Crippen MR) is 67.3 cm³/mol. The lowest BCUT2D eigenvalue weighted by Gasteiger charge is -2.36. The third-order valence-corrected chi connectivity index (χ3v) is 3.69. The number of aliphatic carboxylic acids is 1. The molecule has 0 saturated carbocycles. The normalized spacial score (nSPS) is 17.8. The number of carboxylic acid groups (broad SMARTS) is 1. The molecule has 0 unspecified atom stereocenters. The van der Waals surface area contributed by atoms with Gasteiger partial charge in [0.25, 0.3) is 5.91 Å². The van der Waals surface area contributed by atoms with Crippen molar-refractivity contribution >= 4 is 11.9 Å². The van der Waals surface area contributed by atoms with E-state index in [1.54, 1.807) is 13.8 Å². The number of hydrogen-bond donors (Lipinski definition) is 1. The first-order chi connectivity index (χ1) is 8.36. The van der Waals surface area contributed by atoms with E-state index in [4.69, 9.17) is 9.84 Å². The number of nitrogens with zero attached hydrogens (tertiary/aromatic N) is 1. The molecule has 1 aliphatic heterocycles. The summed E-state index contributed by atoms with van der Waals surface area (Å²) in [4.78, 5) is 24.5. The lowest BCUT2D eigenvalue weighted by atomic mass is 9.91. The van der Waals surface area contributed by atoms with Crippen LogP contribution in [0, 0.1) is 5.92 Å². The standard InChI is InChI=1S/C13H23NO4/c1-13(2,18-3)12(17)14-8-6-10(7-9-14)4-5-11(15)16/h10H,4-9H2,1-3H3,(H,15,16). The molecule has 0 bridgehead atoms. The van der Waals surface area contributed by atoms with Crippen molar-refractivity contribution < 1.29 is 19.4 Å². The number of rotatable bonds is 5. The van der Waals surface area contributed by atoms with Crippen LogP contribution < -0.4 is 0 Å². The van der Waals surface area contributed by atoms with Gasteiger partial charge in [-0.3, -0.25) is 9.59 Å². The number of carbonyl (C=O) groups excluding carboxylic acids is 1. The summed E-state index contributed by atoms with van der Waals surface area (Å²) in [6.07, 6.45) is 2.71. The molecule has 5 heteroatoms. The van der Waals surface area contributed by atoms with Crippen LogP contribution in [0.25, 0.3) is 0 Å². The first kappa shape index (κ1) is 15.0. The van der Waals surface area contributed by atoms with E-state index in [0.717, 1.165) is 12.8 Å². The van der Waals surface area contributed by atoms with Crippen LogP contribution in [0.2, 0.25) is 0 Å². The maximum atomic E-state index is 12.1. The van der Waals surface area contributed by atoms with Gasteiger partial charge < -0.3 is 14.7 Å². The molecule has 1 amide bonds. The smallest absolute Gasteiger partial charge is 0.303 e. The molecule has 1 heterocycles. The highest BCUT2D eigenvalue weighted by Gasteiger charge is 2.33. The van der Waals surface area contributed by atoms with Gasteiger partial charge in [-0.25, -0.2) is 0 Å². The van der Waals surface area contributed by atoms with Gasteiger partial charge in [-0.05, 0) is 39.0 Å². The molecule has 0 aromatic rings. The Kier molecular flexibility index (Phi) is 5.14. The summed E-state index contributed by atoms with van der Waals surface area (Å²) >= 11 is 0. The second-order valence-corrected chi connectivity index (χ2v) is 5.38. The lowest BCUT2D eigenvalue weighted by molar-refractivity contribution is -0.152. The van der Waals surface area contributed by atoms with E-state index in [2.05, 4.69) is 0 Å². The Hall–Kier alpha value is -1.10. The fourth-order valence-corrected chi connectivity index (χ4v) is 2.22. The zero-order valence-corrected chi connectivity index (χ0v) is 11.4. The topological polar surface area (TPSA) is 66.8 Å². The number of ether oxygens (including phenoxy) is 1. The Bertz CT molecular complexity index is 306. The zero-order valence-electron chi connectivity index (χ0n) is 11.4. The molecule has 1 aliphatic rings. The average molecular weight is 257 g/mol. The highest BCUT2D eigenvalue weighted by atomic mass is 16.5. The fourth-order valence-electron chi connectivity index (χ4n) is 2.22. The first-order valence-electron chi connectivity index (χ1n) is 6.43. The average Bonchev–Trinajstić information content (AvgIpc) is 2.36. The third-order valence-electron chi connectivity index (χ3n) is 3.69. The van der Waals surface area contributed by atoms with Crippen LogP contribution in [-0.2, 0) is 14.3 Å². The number of hydrogen-bond acceptors (Lipinski definition) is 3. The maximum absolute atomic E-state index is 12.1. The van der Waals surface area contributed by atoms with Gasteiger partial charge in [0.15, 0.2) is 0 Å². The van der Waals surface area contributed by atoms with Crippen LogP contribution in [0.4, 0.5) is 0 Å². The highest BCUT2D eigenvalue weighted by molar-refractivity contribution is 5.84. The van der Waals surface area contributed by atoms with Crippen LogP contribution in [0.15, 0.2) is 0 Å². The van der Waals surface area contributed by atoms with Gasteiger partial charge in [0.2, 0.25) is 0 Å². The quantitative estimate of drug-likeness (QED) is 0.810. The van der Waals surface area contributed by atoms with E-state index in [0.29, 0.717) is 25.4 Å². The van der Waals surface area contributed by atoms with Gasteiger partial charge in [0, 0.05) is 26.6 Å². The Morgan fingerprint density at radius 2 is 1.89 bits per heavy atom. The van der Waals surface area contributed by atoms with Crippen LogP contribution in [0.3, 0.4) is 0 Å². The molecule has 18 heavy (non-hydrogen) atoms. The molecule has 1 saturated heterocycles. The van der Waals surface area contributed by atoms with E-state index in [1.807, 2.05) is 4.90 Å². The summed E-state index contributed by atoms with van der Waals surface area (Å²) in [6, 6.07) is 0. The summed E-state index contributed by atoms with van der Waals surface area (Å²) in [6.45, 7) is 4.95. The monoisotopic (exact) mass is 257 g/mol. The number of amides is 1. The second-order valence-electron chi connectivity index (χ2n) is 5.38. The number of carboxylic acids is 1. The molecule has 0 spiro atoms. The molecule has 104 valence electrons. The molecular formula is C13H23NO4. The molecule has 1 fully saturated rings. The summed E-state index contributed by atoms with van der Waals surface area (Å²) < 4.78 is 5.19. The maximum Gasteiger partial charge on any atom is 0.303 e. The van der Waals surface area contributed by atoms with Crippen molar-refractivity contribution in [2.45, 2.75) is 45.1 Å². The van der Waals surface area contributed by atoms with Crippen molar-refractivity contribution in [2.24, 2.45) is 5.92 Å². The largest absolute Gasteiger partial charge is 0.481 e. The van der Waals surface area contributed by atoms with Crippen LogP contribution in [-0.4, -0.2) is 47.7 Å². The molecular weight excluding hydrogens is 234 g/mol. The van der Waals surface area contributed by atoms with Crippen LogP contribution >= 0.6 is 0 Å². The van der Waals surface area contributed by atoms with Gasteiger partial charge >= 0.3 is 5.97 Å². The van der Waals surface area contributed by atoms with E-state index in [-0.39, 0.29) is 12.3 Å². The Morgan fingerprint density at radius 1 is 1.33 bits per heavy atom. The van der Waals surface area contributed by atoms with E-state index in [1.165, 1.54) is 7.11 Å². The van der Waals surface area contributed by atoms with Gasteiger partial charge in [-0.2, -0.15) is 0 Å². The first-order valence-corrected chi connectivity index (χ1v) is 6.43. The minimum atomic E-state index is -0.770. The lowest BCUT2D eigenvalue weighted by Crippen LogP contribution is -2.49. The summed E-state index contributed by atoms with van der Waals surface area (Å²) in [5.74, 6) is -0.300. The van der Waals surface area contributed by atoms with E-state index < -0.39 is 11.6 Å². The number of piperidine rings is 1. The van der Waals surface area contributed by atoms with Crippen molar-refractivity contribution in [1.29, 1.82) is 0 Å². The zero-order chi connectivity index (χ0) is 13.8. The van der Waals surface area contributed by atoms with E-state index in [9.17, 15) is 9.59 Å². The predicted octanol–water partition coefficient (Wildman–Crippen LogP) is 1.51. The molecule has 0 atom stereocenters. The number of methoxy groups -OCH3 is 1. The van der Waals surface area contributed by atoms with Crippen molar-refractivity contribution in [2.75, 3.05) is 20.2 Å². The number of carbonyl (C=O) groups is 2. The van der Waals surface area contributed by atoms with Gasteiger partial charge in [0.1, 0.15) is 5.60 Å². The van der Waals surface area contributed by atoms with Crippen molar-refractivity contribution in [3.05, 3.63) is 0 Å². The third kappa shape index (κ3) is 3.98. The molecule has 1 N–H and O–H groups in total. The summed E-state index contributed by atoms with van der Waals surface area (Å²) in [7, 11) is 1.54. The fraction of sp³-hybridized carbons (Fsp3) is 0.846. The van der Waals surface area contributed by atoms with Crippen molar-refractivity contribution in [1.82, 2.24) is 4.90 Å². The van der Waals surface area contributed by atoms with Gasteiger partial charge in [-0.15, -0.1) is 0 Å². The molecule has 1 rings (SSSR count). The Labute approximate surface area is 108 Å². The summed E-state index contributed by atoms with van der Waals surface area (Å²) in [5.41, 5.74) is -0.770. The molecule has 5 nitrogen and oxygen atoms in total. The van der Waals surface area contributed by atoms with Crippen molar-refractivity contribution in [3.8, 4) is 0 Å². The Balaban J connectivity index is 2.39. The molecule has 0 aromatic heterocycles. The minimum Gasteiger partial charge on any atom is -0.481 e. The summed E-state index contributed by atoms with van der Waals surface area (Å²) in [5, 5.41) is 8.64. The molecule has 0 radical (unpaired) electrons. The van der Waals surface area contributed by atoms with Crippen LogP contribution in [0.1, 0.15) is 39.5 Å². The van der Waals surface area contributed by atoms with E-state index >= 15 is 0 Å². The van der Waals surface area contributed by atoms with Gasteiger partial charge in [0.05, 0.1) is 0 Å². The molecule has 0 aromatic carbocycles.